The number of aliphatic hydroxyl groups excluding tert-OH is 1. The fourth-order valence-corrected chi connectivity index (χ4v) is 7.29. The number of carbonyl (C=O) groups is 1. The average molecular weight is 512 g/mol. The van der Waals surface area contributed by atoms with Crippen molar-refractivity contribution in [3.8, 4) is 22.6 Å². The zero-order valence-electron chi connectivity index (χ0n) is 21.4. The second-order valence-corrected chi connectivity index (χ2v) is 11.2. The van der Waals surface area contributed by atoms with Crippen molar-refractivity contribution >= 4 is 5.97 Å². The third-order valence-electron chi connectivity index (χ3n) is 9.28. The van der Waals surface area contributed by atoms with Crippen LogP contribution in [-0.4, -0.2) is 47.8 Å². The van der Waals surface area contributed by atoms with Crippen LogP contribution >= 0.6 is 0 Å². The number of likely N-dealkylation sites (N-methyl/N-ethyl adjacent to an activating group) is 1. The van der Waals surface area contributed by atoms with E-state index in [1.807, 2.05) is 48.5 Å². The van der Waals surface area contributed by atoms with Gasteiger partial charge in [-0.1, -0.05) is 60.7 Å². The Morgan fingerprint density at radius 3 is 2.76 bits per heavy atom. The van der Waals surface area contributed by atoms with E-state index in [1.54, 1.807) is 19.1 Å². The van der Waals surface area contributed by atoms with E-state index in [4.69, 9.17) is 9.47 Å². The Morgan fingerprint density at radius 2 is 1.97 bits per heavy atom. The number of nitrogens with zero attached hydrogens (tertiary/aromatic N) is 1. The molecule has 2 aliphatic heterocycles. The van der Waals surface area contributed by atoms with E-state index in [0.29, 0.717) is 28.7 Å². The molecule has 5 nitrogen and oxygen atoms in total. The third-order valence-corrected chi connectivity index (χ3v) is 9.28. The average Bonchev–Trinajstić information content (AvgIpc) is 3.28. The maximum Gasteiger partial charge on any atom is 0.318 e. The number of hydrogen-bond donors (Lipinski definition) is 1. The van der Waals surface area contributed by atoms with Crippen molar-refractivity contribution in [2.75, 3.05) is 13.6 Å². The minimum atomic E-state index is -0.720. The van der Waals surface area contributed by atoms with Crippen LogP contribution in [0.1, 0.15) is 36.0 Å². The maximum absolute atomic E-state index is 15.0. The Kier molecular flexibility index (Phi) is 5.29. The summed E-state index contributed by atoms with van der Waals surface area (Å²) in [5.74, 6) is -0.345. The molecule has 0 amide bonds. The van der Waals surface area contributed by atoms with Crippen molar-refractivity contribution in [1.82, 2.24) is 4.90 Å². The molecule has 1 N–H and O–H groups in total. The Balaban J connectivity index is 1.20. The molecule has 6 heteroatoms. The van der Waals surface area contributed by atoms with E-state index in [2.05, 4.69) is 18.0 Å². The second kappa shape index (κ2) is 8.52. The molecule has 3 unspecified atom stereocenters. The summed E-state index contributed by atoms with van der Waals surface area (Å²) in [5.41, 5.74) is 3.80. The summed E-state index contributed by atoms with van der Waals surface area (Å²) in [6.07, 6.45) is 4.66. The van der Waals surface area contributed by atoms with Crippen LogP contribution in [0.4, 0.5) is 4.39 Å². The number of ether oxygens (including phenoxy) is 2. The Bertz CT molecular complexity index is 1470. The first-order chi connectivity index (χ1) is 18.4. The third kappa shape index (κ3) is 3.26. The summed E-state index contributed by atoms with van der Waals surface area (Å²) in [4.78, 5) is 15.7. The smallest absolute Gasteiger partial charge is 0.318 e. The number of rotatable bonds is 4. The van der Waals surface area contributed by atoms with Gasteiger partial charge in [0, 0.05) is 28.5 Å². The fraction of sp³-hybridized carbons (Fsp3) is 0.344. The van der Waals surface area contributed by atoms with Crippen molar-refractivity contribution in [1.29, 1.82) is 0 Å². The minimum Gasteiger partial charge on any atom is -0.482 e. The van der Waals surface area contributed by atoms with Gasteiger partial charge >= 0.3 is 5.97 Å². The highest BCUT2D eigenvalue weighted by Crippen LogP contribution is 2.62. The van der Waals surface area contributed by atoms with E-state index in [9.17, 15) is 9.90 Å². The fourth-order valence-electron chi connectivity index (χ4n) is 7.29. The standard InChI is InChI=1S/C32H30FNO4/c1-18(20-8-10-22(24(33)16-20)19-6-4-3-5-7-19)31(36)37-27-13-9-21-17-25-23-11-12-26(35)30-32(23,14-15-34(25)2)28(21)29(27)38-30/h3-13,16,18,23,25-26,30,35H,14-15,17H2,1-2H3/t18?,23?,25-,26?,30+,32+/m1/s1. The lowest BCUT2D eigenvalue weighted by Gasteiger charge is -2.56. The van der Waals surface area contributed by atoms with Crippen molar-refractivity contribution in [3.63, 3.8) is 0 Å². The molecule has 2 bridgehead atoms. The SMILES string of the molecule is CC(C(=O)Oc1ccc2c3c1O[C@H]1C(O)C=CC4[C@@H](C2)N(C)CC[C@@]341)c1ccc(-c2ccccc2)c(F)c1. The first-order valence-corrected chi connectivity index (χ1v) is 13.3. The first kappa shape index (κ1) is 23.6. The van der Waals surface area contributed by atoms with Crippen molar-refractivity contribution in [3.05, 3.63) is 95.3 Å². The number of hydrogen-bond acceptors (Lipinski definition) is 5. The predicted molar refractivity (Wildman–Crippen MR) is 142 cm³/mol. The van der Waals surface area contributed by atoms with Crippen LogP contribution in [0.25, 0.3) is 11.1 Å². The monoisotopic (exact) mass is 511 g/mol. The highest BCUT2D eigenvalue weighted by atomic mass is 19.1. The van der Waals surface area contributed by atoms with Crippen molar-refractivity contribution in [2.45, 2.75) is 49.3 Å². The molecule has 4 aliphatic rings. The lowest BCUT2D eigenvalue weighted by molar-refractivity contribution is -0.135. The van der Waals surface area contributed by atoms with Crippen LogP contribution in [0, 0.1) is 11.7 Å². The number of likely N-dealkylation sites (tertiary alicyclic amines) is 1. The molecule has 7 rings (SSSR count). The summed E-state index contributed by atoms with van der Waals surface area (Å²) < 4.78 is 27.4. The molecular formula is C32H30FNO4. The van der Waals surface area contributed by atoms with Gasteiger partial charge in [-0.3, -0.25) is 4.79 Å². The topological polar surface area (TPSA) is 59.0 Å². The zero-order chi connectivity index (χ0) is 26.2. The molecule has 2 heterocycles. The molecule has 0 saturated carbocycles. The summed E-state index contributed by atoms with van der Waals surface area (Å²) in [6.45, 7) is 2.65. The van der Waals surface area contributed by atoms with E-state index in [0.717, 1.165) is 30.5 Å². The van der Waals surface area contributed by atoms with Gasteiger partial charge in [-0.2, -0.15) is 0 Å². The molecule has 1 fully saturated rings. The molecule has 194 valence electrons. The van der Waals surface area contributed by atoms with Crippen LogP contribution in [0.15, 0.2) is 72.8 Å². The van der Waals surface area contributed by atoms with Gasteiger partial charge in [-0.25, -0.2) is 4.39 Å². The highest BCUT2D eigenvalue weighted by molar-refractivity contribution is 5.81. The molecule has 3 aromatic rings. The van der Waals surface area contributed by atoms with Crippen LogP contribution in [0.3, 0.4) is 0 Å². The Morgan fingerprint density at radius 1 is 1.16 bits per heavy atom. The zero-order valence-corrected chi connectivity index (χ0v) is 21.4. The Labute approximate surface area is 221 Å². The summed E-state index contributed by atoms with van der Waals surface area (Å²) >= 11 is 0. The lowest BCUT2D eigenvalue weighted by atomic mass is 9.53. The Hall–Kier alpha value is -3.48. The molecule has 1 spiro atoms. The molecule has 2 aliphatic carbocycles. The van der Waals surface area contributed by atoms with Crippen LogP contribution in [-0.2, 0) is 16.6 Å². The minimum absolute atomic E-state index is 0.236. The molecular weight excluding hydrogens is 481 g/mol. The van der Waals surface area contributed by atoms with Gasteiger partial charge < -0.3 is 19.5 Å². The van der Waals surface area contributed by atoms with Gasteiger partial charge in [-0.05, 0) is 62.2 Å². The lowest BCUT2D eigenvalue weighted by Crippen LogP contribution is -2.64. The van der Waals surface area contributed by atoms with E-state index in [-0.39, 0.29) is 17.2 Å². The summed E-state index contributed by atoms with van der Waals surface area (Å²) in [5, 5.41) is 10.9. The summed E-state index contributed by atoms with van der Waals surface area (Å²) in [7, 11) is 2.17. The van der Waals surface area contributed by atoms with Gasteiger partial charge in [0.05, 0.1) is 5.92 Å². The van der Waals surface area contributed by atoms with E-state index in [1.165, 1.54) is 11.6 Å². The second-order valence-electron chi connectivity index (χ2n) is 11.2. The molecule has 1 saturated heterocycles. The molecule has 6 atom stereocenters. The van der Waals surface area contributed by atoms with Gasteiger partial charge in [-0.15, -0.1) is 0 Å². The van der Waals surface area contributed by atoms with Crippen LogP contribution in [0.5, 0.6) is 11.5 Å². The predicted octanol–water partition coefficient (Wildman–Crippen LogP) is 5.01. The maximum atomic E-state index is 15.0. The van der Waals surface area contributed by atoms with Gasteiger partial charge in [0.2, 0.25) is 0 Å². The normalized spacial score (nSPS) is 29.4. The van der Waals surface area contributed by atoms with Gasteiger partial charge in [0.25, 0.3) is 0 Å². The van der Waals surface area contributed by atoms with Crippen LogP contribution in [0.2, 0.25) is 0 Å². The van der Waals surface area contributed by atoms with E-state index < -0.39 is 24.1 Å². The van der Waals surface area contributed by atoms with Gasteiger partial charge in [0.1, 0.15) is 18.0 Å². The molecule has 0 radical (unpaired) electrons. The van der Waals surface area contributed by atoms with Crippen LogP contribution < -0.4 is 9.47 Å². The number of esters is 1. The summed E-state index contributed by atoms with van der Waals surface area (Å²) in [6, 6.07) is 18.4. The van der Waals surface area contributed by atoms with E-state index >= 15 is 4.39 Å². The number of aliphatic hydroxyl groups is 1. The highest BCUT2D eigenvalue weighted by Gasteiger charge is 2.64. The molecule has 3 aromatic carbocycles. The van der Waals surface area contributed by atoms with Crippen molar-refractivity contribution < 1.29 is 23.8 Å². The number of piperidine rings is 1. The number of benzene rings is 3. The van der Waals surface area contributed by atoms with Gasteiger partial charge in [0.15, 0.2) is 11.5 Å². The molecule has 0 aromatic heterocycles. The quantitative estimate of drug-likeness (QED) is 0.303. The first-order valence-electron chi connectivity index (χ1n) is 13.3. The van der Waals surface area contributed by atoms with Crippen molar-refractivity contribution in [2.24, 2.45) is 5.92 Å². The molecule has 38 heavy (non-hydrogen) atoms. The number of carbonyl (C=O) groups excluding carboxylic acids is 1. The number of halogens is 1. The largest absolute Gasteiger partial charge is 0.482 e.